The molecular weight excluding hydrogens is 210 g/mol. The van der Waals surface area contributed by atoms with Gasteiger partial charge in [0.05, 0.1) is 12.5 Å². The Bertz CT molecular complexity index is 243. The lowest BCUT2D eigenvalue weighted by Gasteiger charge is -2.17. The summed E-state index contributed by atoms with van der Waals surface area (Å²) in [5.74, 6) is -1.04. The van der Waals surface area contributed by atoms with Gasteiger partial charge in [-0.1, -0.05) is 13.8 Å². The first-order valence-corrected chi connectivity index (χ1v) is 5.33. The number of hydrogen-bond acceptors (Lipinski definition) is 4. The number of rotatable bonds is 7. The number of primary amides is 1. The molecule has 0 spiro atoms. The first kappa shape index (κ1) is 14.9. The second kappa shape index (κ2) is 7.19. The second-order valence-electron chi connectivity index (χ2n) is 4.23. The number of carbonyl (C=O) groups is 2. The van der Waals surface area contributed by atoms with Gasteiger partial charge in [0, 0.05) is 6.54 Å². The molecule has 0 aliphatic heterocycles. The third-order valence-corrected chi connectivity index (χ3v) is 2.21. The quantitative estimate of drug-likeness (QED) is 0.429. The van der Waals surface area contributed by atoms with Crippen molar-refractivity contribution in [2.24, 2.45) is 23.3 Å². The predicted octanol–water partition coefficient (Wildman–Crippen LogP) is -1.43. The first-order chi connectivity index (χ1) is 7.38. The maximum absolute atomic E-state index is 11.6. The van der Waals surface area contributed by atoms with E-state index in [1.165, 1.54) is 0 Å². The maximum Gasteiger partial charge on any atom is 0.248 e. The van der Waals surface area contributed by atoms with Crippen LogP contribution >= 0.6 is 0 Å². The summed E-state index contributed by atoms with van der Waals surface area (Å²) in [6, 6.07) is 0. The van der Waals surface area contributed by atoms with Crippen molar-refractivity contribution in [2.75, 3.05) is 13.1 Å². The van der Waals surface area contributed by atoms with Crippen molar-refractivity contribution in [2.45, 2.75) is 26.4 Å². The average Bonchev–Trinajstić information content (AvgIpc) is 2.21. The smallest absolute Gasteiger partial charge is 0.248 e. The predicted molar refractivity (Wildman–Crippen MR) is 60.2 cm³/mol. The van der Waals surface area contributed by atoms with Gasteiger partial charge in [0.25, 0.3) is 0 Å². The van der Waals surface area contributed by atoms with Crippen LogP contribution in [0.25, 0.3) is 0 Å². The van der Waals surface area contributed by atoms with E-state index in [2.05, 4.69) is 5.32 Å². The molecule has 0 aromatic carbocycles. The molecule has 0 radical (unpaired) electrons. The summed E-state index contributed by atoms with van der Waals surface area (Å²) in [5, 5.41) is 11.5. The molecule has 0 aliphatic carbocycles. The third-order valence-electron chi connectivity index (χ3n) is 2.21. The van der Waals surface area contributed by atoms with E-state index in [0.717, 1.165) is 0 Å². The van der Waals surface area contributed by atoms with E-state index in [4.69, 9.17) is 16.6 Å². The lowest BCUT2D eigenvalue weighted by atomic mass is 9.96. The normalized spacial score (nSPS) is 14.6. The van der Waals surface area contributed by atoms with E-state index in [1.54, 1.807) is 0 Å². The molecule has 0 fully saturated rings. The fourth-order valence-electron chi connectivity index (χ4n) is 1.32. The van der Waals surface area contributed by atoms with Crippen LogP contribution in [0.1, 0.15) is 20.3 Å². The van der Waals surface area contributed by atoms with Gasteiger partial charge in [-0.3, -0.25) is 9.59 Å². The van der Waals surface area contributed by atoms with Crippen molar-refractivity contribution in [3.05, 3.63) is 0 Å². The summed E-state index contributed by atoms with van der Waals surface area (Å²) in [6.07, 6.45) is -0.670. The summed E-state index contributed by atoms with van der Waals surface area (Å²) in [4.78, 5) is 22.1. The zero-order valence-corrected chi connectivity index (χ0v) is 9.77. The molecule has 0 aromatic rings. The molecule has 0 aliphatic rings. The first-order valence-electron chi connectivity index (χ1n) is 5.33. The van der Waals surface area contributed by atoms with E-state index in [-0.39, 0.29) is 24.9 Å². The monoisotopic (exact) mass is 231 g/mol. The minimum absolute atomic E-state index is 0.164. The highest BCUT2D eigenvalue weighted by Gasteiger charge is 2.19. The Hall–Kier alpha value is -1.14. The number of nitrogens with two attached hydrogens (primary N) is 2. The minimum atomic E-state index is -1.35. The molecular formula is C10H21N3O3. The van der Waals surface area contributed by atoms with E-state index in [0.29, 0.717) is 12.3 Å². The molecule has 0 saturated heterocycles. The van der Waals surface area contributed by atoms with Crippen LogP contribution in [-0.2, 0) is 9.59 Å². The van der Waals surface area contributed by atoms with Crippen molar-refractivity contribution in [3.8, 4) is 0 Å². The Labute approximate surface area is 95.4 Å². The van der Waals surface area contributed by atoms with Crippen LogP contribution in [0.3, 0.4) is 0 Å². The zero-order chi connectivity index (χ0) is 12.7. The van der Waals surface area contributed by atoms with E-state index >= 15 is 0 Å². The van der Waals surface area contributed by atoms with Crippen molar-refractivity contribution in [3.63, 3.8) is 0 Å². The molecule has 2 unspecified atom stereocenters. The fraction of sp³-hybridized carbons (Fsp3) is 0.800. The number of aliphatic hydroxyl groups excluding tert-OH is 1. The fourth-order valence-corrected chi connectivity index (χ4v) is 1.32. The Balaban J connectivity index is 4.07. The van der Waals surface area contributed by atoms with Crippen LogP contribution < -0.4 is 16.8 Å². The summed E-state index contributed by atoms with van der Waals surface area (Å²) in [7, 11) is 0. The molecule has 2 amide bonds. The summed E-state index contributed by atoms with van der Waals surface area (Å²) >= 11 is 0. The highest BCUT2D eigenvalue weighted by atomic mass is 16.3. The lowest BCUT2D eigenvalue weighted by molar-refractivity contribution is -0.128. The average molecular weight is 231 g/mol. The third kappa shape index (κ3) is 5.67. The number of nitrogens with one attached hydrogen (secondary N) is 1. The Morgan fingerprint density at radius 2 is 1.94 bits per heavy atom. The molecule has 6 nitrogen and oxygen atoms in total. The number of carbonyl (C=O) groups excluding carboxylic acids is 2. The lowest BCUT2D eigenvalue weighted by Crippen LogP contribution is -2.43. The molecule has 0 saturated carbocycles. The van der Waals surface area contributed by atoms with Gasteiger partial charge in [0.2, 0.25) is 11.8 Å². The van der Waals surface area contributed by atoms with Gasteiger partial charge in [-0.25, -0.2) is 0 Å². The summed E-state index contributed by atoms with van der Waals surface area (Å²) in [5.41, 5.74) is 10.3. The van der Waals surface area contributed by atoms with Crippen molar-refractivity contribution in [1.82, 2.24) is 5.32 Å². The van der Waals surface area contributed by atoms with E-state index < -0.39 is 12.0 Å². The van der Waals surface area contributed by atoms with Crippen LogP contribution in [0.15, 0.2) is 0 Å². The second-order valence-corrected chi connectivity index (χ2v) is 4.23. The molecule has 0 heterocycles. The highest BCUT2D eigenvalue weighted by molar-refractivity contribution is 5.82. The molecule has 6 N–H and O–H groups in total. The molecule has 0 bridgehead atoms. The van der Waals surface area contributed by atoms with Gasteiger partial charge in [-0.05, 0) is 12.3 Å². The van der Waals surface area contributed by atoms with Crippen LogP contribution in [-0.4, -0.2) is 36.1 Å². The molecule has 0 rings (SSSR count). The molecule has 94 valence electrons. The Kier molecular flexibility index (Phi) is 6.67. The number of amides is 2. The largest absolute Gasteiger partial charge is 0.381 e. The van der Waals surface area contributed by atoms with Gasteiger partial charge in [-0.2, -0.15) is 0 Å². The van der Waals surface area contributed by atoms with Gasteiger partial charge >= 0.3 is 0 Å². The molecule has 2 atom stereocenters. The van der Waals surface area contributed by atoms with Gasteiger partial charge in [0.1, 0.15) is 6.10 Å². The van der Waals surface area contributed by atoms with Gasteiger partial charge < -0.3 is 21.9 Å². The Morgan fingerprint density at radius 3 is 2.31 bits per heavy atom. The molecule has 6 heteroatoms. The van der Waals surface area contributed by atoms with Crippen LogP contribution in [0.2, 0.25) is 0 Å². The van der Waals surface area contributed by atoms with Crippen molar-refractivity contribution in [1.29, 1.82) is 0 Å². The summed E-state index contributed by atoms with van der Waals surface area (Å²) < 4.78 is 0. The SMILES string of the molecule is CC(C)CC(CN)C(=O)NCC(O)C(N)=O. The van der Waals surface area contributed by atoms with Crippen molar-refractivity contribution < 1.29 is 14.7 Å². The summed E-state index contributed by atoms with van der Waals surface area (Å²) in [6.45, 7) is 4.07. The standard InChI is InChI=1S/C10H21N3O3/c1-6(2)3-7(4-11)10(16)13-5-8(14)9(12)15/h6-8,14H,3-5,11H2,1-2H3,(H2,12,15)(H,13,16). The topological polar surface area (TPSA) is 118 Å². The zero-order valence-electron chi connectivity index (χ0n) is 9.77. The van der Waals surface area contributed by atoms with E-state index in [9.17, 15) is 9.59 Å². The highest BCUT2D eigenvalue weighted by Crippen LogP contribution is 2.10. The number of aliphatic hydroxyl groups is 1. The Morgan fingerprint density at radius 1 is 1.38 bits per heavy atom. The molecule has 16 heavy (non-hydrogen) atoms. The van der Waals surface area contributed by atoms with E-state index in [1.807, 2.05) is 13.8 Å². The molecule has 0 aromatic heterocycles. The number of hydrogen-bond donors (Lipinski definition) is 4. The maximum atomic E-state index is 11.6. The van der Waals surface area contributed by atoms with Crippen LogP contribution in [0.4, 0.5) is 0 Å². The van der Waals surface area contributed by atoms with Crippen LogP contribution in [0, 0.1) is 11.8 Å². The van der Waals surface area contributed by atoms with Crippen LogP contribution in [0.5, 0.6) is 0 Å². The minimum Gasteiger partial charge on any atom is -0.381 e. The van der Waals surface area contributed by atoms with Gasteiger partial charge in [0.15, 0.2) is 0 Å². The van der Waals surface area contributed by atoms with Crippen molar-refractivity contribution >= 4 is 11.8 Å². The van der Waals surface area contributed by atoms with Gasteiger partial charge in [-0.15, -0.1) is 0 Å².